The molecule has 0 bridgehead atoms. The Bertz CT molecular complexity index is 534. The molecule has 3 rings (SSSR count). The van der Waals surface area contributed by atoms with Crippen LogP contribution >= 0.6 is 0 Å². The molecule has 0 aliphatic carbocycles. The molecule has 0 spiro atoms. The minimum Gasteiger partial charge on any atom is -0.379 e. The number of nitrogens with zero attached hydrogens (tertiary/aromatic N) is 4. The Morgan fingerprint density at radius 2 is 1.32 bits per heavy atom. The van der Waals surface area contributed by atoms with Crippen molar-refractivity contribution in [3.05, 3.63) is 0 Å². The van der Waals surface area contributed by atoms with Gasteiger partial charge in [-0.1, -0.05) is 12.8 Å². The first-order valence-corrected chi connectivity index (χ1v) is 10.8. The van der Waals surface area contributed by atoms with E-state index < -0.39 is 10.2 Å². The number of piperazine rings is 1. The van der Waals surface area contributed by atoms with Crippen molar-refractivity contribution in [1.82, 2.24) is 18.4 Å². The van der Waals surface area contributed by atoms with Gasteiger partial charge >= 0.3 is 0 Å². The zero-order valence-corrected chi connectivity index (χ0v) is 15.8. The molecule has 9 heteroatoms. The van der Waals surface area contributed by atoms with E-state index in [-0.39, 0.29) is 5.91 Å². The van der Waals surface area contributed by atoms with Crippen LogP contribution in [-0.2, 0) is 19.7 Å². The molecule has 3 fully saturated rings. The summed E-state index contributed by atoms with van der Waals surface area (Å²) in [6, 6.07) is 0. The van der Waals surface area contributed by atoms with Crippen LogP contribution in [0.1, 0.15) is 25.7 Å². The number of rotatable bonds is 4. The van der Waals surface area contributed by atoms with Crippen LogP contribution in [0.5, 0.6) is 0 Å². The minimum atomic E-state index is -3.38. The number of hydrogen-bond donors (Lipinski definition) is 0. The molecule has 144 valence electrons. The standard InChI is InChI=1S/C16H30N4O4S/c21-16(15-17-11-13-24-14-12-17)18-7-9-20(10-8-18)25(22,23)19-5-3-1-2-4-6-19/h1-15H2. The fourth-order valence-electron chi connectivity index (χ4n) is 3.65. The Kier molecular flexibility index (Phi) is 6.67. The molecular formula is C16H30N4O4S. The summed E-state index contributed by atoms with van der Waals surface area (Å²) in [5.41, 5.74) is 0. The summed E-state index contributed by atoms with van der Waals surface area (Å²) in [5, 5.41) is 0. The van der Waals surface area contributed by atoms with Crippen LogP contribution in [-0.4, -0.2) is 105 Å². The first-order chi connectivity index (χ1) is 12.1. The Hall–Kier alpha value is -0.740. The van der Waals surface area contributed by atoms with Crippen molar-refractivity contribution >= 4 is 16.1 Å². The molecular weight excluding hydrogens is 344 g/mol. The molecule has 1 amide bonds. The van der Waals surface area contributed by atoms with E-state index in [0.717, 1.165) is 38.8 Å². The summed E-state index contributed by atoms with van der Waals surface area (Å²) < 4.78 is 34.1. The third-order valence-electron chi connectivity index (χ3n) is 5.27. The van der Waals surface area contributed by atoms with Gasteiger partial charge in [0.05, 0.1) is 19.8 Å². The summed E-state index contributed by atoms with van der Waals surface area (Å²) >= 11 is 0. The molecule has 0 unspecified atom stereocenters. The summed E-state index contributed by atoms with van der Waals surface area (Å²) in [5.74, 6) is 0.0914. The van der Waals surface area contributed by atoms with E-state index in [0.29, 0.717) is 59.0 Å². The highest BCUT2D eigenvalue weighted by Crippen LogP contribution is 2.18. The number of ether oxygens (including phenoxy) is 1. The van der Waals surface area contributed by atoms with Gasteiger partial charge in [-0.05, 0) is 12.8 Å². The topological polar surface area (TPSA) is 73.4 Å². The van der Waals surface area contributed by atoms with Crippen LogP contribution in [0.3, 0.4) is 0 Å². The highest BCUT2D eigenvalue weighted by atomic mass is 32.2. The number of carbonyl (C=O) groups is 1. The van der Waals surface area contributed by atoms with Crippen molar-refractivity contribution in [3.63, 3.8) is 0 Å². The predicted octanol–water partition coefficient (Wildman–Crippen LogP) is -0.416. The number of carbonyl (C=O) groups excluding carboxylic acids is 1. The van der Waals surface area contributed by atoms with E-state index >= 15 is 0 Å². The van der Waals surface area contributed by atoms with Gasteiger partial charge in [0.25, 0.3) is 10.2 Å². The molecule has 0 N–H and O–H groups in total. The van der Waals surface area contributed by atoms with Gasteiger partial charge in [0, 0.05) is 52.4 Å². The molecule has 0 aromatic heterocycles. The monoisotopic (exact) mass is 374 g/mol. The van der Waals surface area contributed by atoms with Crippen molar-refractivity contribution in [1.29, 1.82) is 0 Å². The van der Waals surface area contributed by atoms with Crippen molar-refractivity contribution < 1.29 is 17.9 Å². The quantitative estimate of drug-likeness (QED) is 0.669. The fraction of sp³-hybridized carbons (Fsp3) is 0.938. The Morgan fingerprint density at radius 1 is 0.760 bits per heavy atom. The first-order valence-electron chi connectivity index (χ1n) is 9.40. The molecule has 0 saturated carbocycles. The van der Waals surface area contributed by atoms with Crippen molar-refractivity contribution in [3.8, 4) is 0 Å². The SMILES string of the molecule is O=C(CN1CCOCC1)N1CCN(S(=O)(=O)N2CCCCCC2)CC1. The second-order valence-electron chi connectivity index (χ2n) is 6.99. The molecule has 8 nitrogen and oxygen atoms in total. The normalized spacial score (nSPS) is 25.7. The third kappa shape index (κ3) is 4.91. The molecule has 3 saturated heterocycles. The fourth-order valence-corrected chi connectivity index (χ4v) is 5.33. The third-order valence-corrected chi connectivity index (χ3v) is 7.31. The Morgan fingerprint density at radius 3 is 1.92 bits per heavy atom. The van der Waals surface area contributed by atoms with Crippen molar-refractivity contribution in [2.24, 2.45) is 0 Å². The zero-order valence-electron chi connectivity index (χ0n) is 14.9. The van der Waals surface area contributed by atoms with Crippen LogP contribution < -0.4 is 0 Å². The highest BCUT2D eigenvalue weighted by Gasteiger charge is 2.33. The Balaban J connectivity index is 1.49. The lowest BCUT2D eigenvalue weighted by molar-refractivity contribution is -0.134. The van der Waals surface area contributed by atoms with Gasteiger partial charge in [0.1, 0.15) is 0 Å². The van der Waals surface area contributed by atoms with Crippen molar-refractivity contribution in [2.75, 3.05) is 72.1 Å². The van der Waals surface area contributed by atoms with E-state index in [4.69, 9.17) is 4.74 Å². The van der Waals surface area contributed by atoms with E-state index in [2.05, 4.69) is 4.90 Å². The van der Waals surface area contributed by atoms with Crippen LogP contribution in [0.25, 0.3) is 0 Å². The lowest BCUT2D eigenvalue weighted by atomic mass is 10.2. The first kappa shape index (κ1) is 19.0. The molecule has 3 heterocycles. The van der Waals surface area contributed by atoms with E-state index in [1.165, 1.54) is 0 Å². The molecule has 3 aliphatic heterocycles. The smallest absolute Gasteiger partial charge is 0.282 e. The van der Waals surface area contributed by atoms with Gasteiger partial charge in [0.15, 0.2) is 0 Å². The average molecular weight is 375 g/mol. The summed E-state index contributed by atoms with van der Waals surface area (Å²) in [6.45, 7) is 6.33. The molecule has 3 aliphatic rings. The predicted molar refractivity (Wildman–Crippen MR) is 94.4 cm³/mol. The maximum atomic E-state index is 12.8. The molecule has 0 radical (unpaired) electrons. The van der Waals surface area contributed by atoms with E-state index in [1.54, 1.807) is 13.5 Å². The minimum absolute atomic E-state index is 0.0914. The van der Waals surface area contributed by atoms with Crippen LogP contribution in [0.15, 0.2) is 0 Å². The largest absolute Gasteiger partial charge is 0.379 e. The van der Waals surface area contributed by atoms with Crippen molar-refractivity contribution in [2.45, 2.75) is 25.7 Å². The summed E-state index contributed by atoms with van der Waals surface area (Å²) in [4.78, 5) is 16.3. The lowest BCUT2D eigenvalue weighted by Gasteiger charge is -2.37. The van der Waals surface area contributed by atoms with Crippen LogP contribution in [0.4, 0.5) is 0 Å². The highest BCUT2D eigenvalue weighted by molar-refractivity contribution is 7.86. The van der Waals surface area contributed by atoms with Gasteiger partial charge < -0.3 is 9.64 Å². The molecule has 0 aromatic carbocycles. The number of amides is 1. The Labute approximate surface area is 150 Å². The number of hydrogen-bond acceptors (Lipinski definition) is 5. The van der Waals surface area contributed by atoms with Gasteiger partial charge in [-0.25, -0.2) is 0 Å². The molecule has 0 aromatic rings. The summed E-state index contributed by atoms with van der Waals surface area (Å²) in [7, 11) is -3.38. The van der Waals surface area contributed by atoms with E-state index in [9.17, 15) is 13.2 Å². The second-order valence-corrected chi connectivity index (χ2v) is 8.92. The molecule has 0 atom stereocenters. The van der Waals surface area contributed by atoms with Crippen LogP contribution in [0, 0.1) is 0 Å². The average Bonchev–Trinajstić information content (AvgIpc) is 2.93. The lowest BCUT2D eigenvalue weighted by Crippen LogP contribution is -2.56. The maximum Gasteiger partial charge on any atom is 0.282 e. The van der Waals surface area contributed by atoms with Crippen LogP contribution in [0.2, 0.25) is 0 Å². The van der Waals surface area contributed by atoms with Gasteiger partial charge in [-0.2, -0.15) is 17.0 Å². The van der Waals surface area contributed by atoms with E-state index in [1.807, 2.05) is 0 Å². The zero-order chi connectivity index (χ0) is 17.7. The molecule has 25 heavy (non-hydrogen) atoms. The number of morpholine rings is 1. The maximum absolute atomic E-state index is 12.8. The summed E-state index contributed by atoms with van der Waals surface area (Å²) in [6.07, 6.45) is 4.10. The van der Waals surface area contributed by atoms with Gasteiger partial charge in [-0.15, -0.1) is 0 Å². The van der Waals surface area contributed by atoms with Gasteiger partial charge in [-0.3, -0.25) is 9.69 Å². The second kappa shape index (κ2) is 8.77. The van der Waals surface area contributed by atoms with Gasteiger partial charge in [0.2, 0.25) is 5.91 Å².